The summed E-state index contributed by atoms with van der Waals surface area (Å²) in [7, 11) is 1.87. The topological polar surface area (TPSA) is 61.8 Å². The van der Waals surface area contributed by atoms with Crippen LogP contribution in [0, 0.1) is 11.3 Å². The van der Waals surface area contributed by atoms with E-state index in [-0.39, 0.29) is 10.8 Å². The molecule has 0 aliphatic rings. The number of aromatic hydroxyl groups is 1. The monoisotopic (exact) mass is 309 g/mol. The number of hydrogen-bond donors (Lipinski definition) is 1. The van der Waals surface area contributed by atoms with Crippen LogP contribution in [0.25, 0.3) is 22.7 Å². The largest absolute Gasteiger partial charge is 0.506 e. The summed E-state index contributed by atoms with van der Waals surface area (Å²) in [4.78, 5) is 4.51. The molecule has 0 aliphatic carbocycles. The summed E-state index contributed by atoms with van der Waals surface area (Å²) in [6.45, 7) is 0. The Hall–Kier alpha value is -2.77. The first kappa shape index (κ1) is 14.2. The second-order valence-corrected chi connectivity index (χ2v) is 5.27. The van der Waals surface area contributed by atoms with Crippen molar-refractivity contribution in [1.82, 2.24) is 9.55 Å². The molecule has 2 aromatic carbocycles. The minimum absolute atomic E-state index is 0.0139. The SMILES string of the molecule is Cn1c(/C(C#N)=C\c2ccc(O)c(Cl)c2)nc2ccccc21. The van der Waals surface area contributed by atoms with Crippen LogP contribution in [0.4, 0.5) is 0 Å². The molecule has 0 amide bonds. The first-order valence-electron chi connectivity index (χ1n) is 6.62. The van der Waals surface area contributed by atoms with Crippen LogP contribution < -0.4 is 0 Å². The molecule has 0 bridgehead atoms. The van der Waals surface area contributed by atoms with Gasteiger partial charge in [0.15, 0.2) is 5.82 Å². The fraction of sp³-hybridized carbons (Fsp3) is 0.0588. The Morgan fingerprint density at radius 3 is 2.77 bits per heavy atom. The van der Waals surface area contributed by atoms with Gasteiger partial charge in [-0.25, -0.2) is 4.98 Å². The number of nitrogens with zero attached hydrogens (tertiary/aromatic N) is 3. The summed E-state index contributed by atoms with van der Waals surface area (Å²) >= 11 is 5.90. The summed E-state index contributed by atoms with van der Waals surface area (Å²) in [6.07, 6.45) is 1.70. The van der Waals surface area contributed by atoms with Crippen molar-refractivity contribution in [3.63, 3.8) is 0 Å². The van der Waals surface area contributed by atoms with Gasteiger partial charge in [-0.1, -0.05) is 29.8 Å². The molecule has 1 heterocycles. The molecule has 3 rings (SSSR count). The number of phenolic OH excluding ortho intramolecular Hbond substituents is 1. The highest BCUT2D eigenvalue weighted by molar-refractivity contribution is 6.32. The van der Waals surface area contributed by atoms with E-state index in [1.54, 1.807) is 18.2 Å². The first-order valence-corrected chi connectivity index (χ1v) is 7.00. The van der Waals surface area contributed by atoms with Crippen LogP contribution >= 0.6 is 11.6 Å². The van der Waals surface area contributed by atoms with E-state index in [4.69, 9.17) is 11.6 Å². The highest BCUT2D eigenvalue weighted by Gasteiger charge is 2.12. The molecule has 0 saturated carbocycles. The Bertz CT molecular complexity index is 935. The number of nitriles is 1. The number of fused-ring (bicyclic) bond motifs is 1. The molecule has 0 fully saturated rings. The number of aryl methyl sites for hydroxylation is 1. The zero-order chi connectivity index (χ0) is 15.7. The highest BCUT2D eigenvalue weighted by Crippen LogP contribution is 2.27. The van der Waals surface area contributed by atoms with E-state index in [1.807, 2.05) is 35.9 Å². The number of rotatable bonds is 2. The lowest BCUT2D eigenvalue weighted by Crippen LogP contribution is -1.96. The third kappa shape index (κ3) is 2.43. The van der Waals surface area contributed by atoms with Crippen LogP contribution in [0.5, 0.6) is 5.75 Å². The zero-order valence-corrected chi connectivity index (χ0v) is 12.5. The molecule has 0 atom stereocenters. The molecule has 5 heteroatoms. The van der Waals surface area contributed by atoms with Crippen molar-refractivity contribution in [1.29, 1.82) is 5.26 Å². The Labute approximate surface area is 132 Å². The number of halogens is 1. The summed E-state index contributed by atoms with van der Waals surface area (Å²) in [5.41, 5.74) is 2.96. The number of allylic oxidation sites excluding steroid dienone is 1. The van der Waals surface area contributed by atoms with E-state index < -0.39 is 0 Å². The quantitative estimate of drug-likeness (QED) is 0.728. The van der Waals surface area contributed by atoms with Crippen molar-refractivity contribution >= 4 is 34.3 Å². The molecule has 1 aromatic heterocycles. The van der Waals surface area contributed by atoms with Gasteiger partial charge in [-0.15, -0.1) is 0 Å². The van der Waals surface area contributed by atoms with Gasteiger partial charge in [0.1, 0.15) is 11.8 Å². The number of aromatic nitrogens is 2. The van der Waals surface area contributed by atoms with Crippen molar-refractivity contribution in [2.75, 3.05) is 0 Å². The third-order valence-electron chi connectivity index (χ3n) is 3.43. The lowest BCUT2D eigenvalue weighted by Gasteiger charge is -2.02. The summed E-state index contributed by atoms with van der Waals surface area (Å²) in [6, 6.07) is 14.7. The Kier molecular flexibility index (Phi) is 3.58. The highest BCUT2D eigenvalue weighted by atomic mass is 35.5. The summed E-state index contributed by atoms with van der Waals surface area (Å²) in [5, 5.41) is 19.2. The average molecular weight is 310 g/mol. The number of hydrogen-bond acceptors (Lipinski definition) is 3. The van der Waals surface area contributed by atoms with Crippen LogP contribution in [0.15, 0.2) is 42.5 Å². The predicted octanol–water partition coefficient (Wildman–Crippen LogP) is 4.00. The van der Waals surface area contributed by atoms with Crippen LogP contribution in [-0.2, 0) is 7.05 Å². The van der Waals surface area contributed by atoms with Gasteiger partial charge in [-0.3, -0.25) is 0 Å². The molecular weight excluding hydrogens is 298 g/mol. The molecule has 0 saturated heterocycles. The second kappa shape index (κ2) is 5.55. The Morgan fingerprint density at radius 2 is 2.09 bits per heavy atom. The van der Waals surface area contributed by atoms with Crippen molar-refractivity contribution in [2.24, 2.45) is 7.05 Å². The minimum Gasteiger partial charge on any atom is -0.506 e. The number of phenols is 1. The van der Waals surface area contributed by atoms with Gasteiger partial charge in [0.2, 0.25) is 0 Å². The molecule has 0 unspecified atom stereocenters. The summed E-state index contributed by atoms with van der Waals surface area (Å²) in [5.74, 6) is 0.605. The predicted molar refractivity (Wildman–Crippen MR) is 87.3 cm³/mol. The van der Waals surface area contributed by atoms with Crippen LogP contribution in [0.3, 0.4) is 0 Å². The van der Waals surface area contributed by atoms with E-state index in [0.29, 0.717) is 11.4 Å². The van der Waals surface area contributed by atoms with Gasteiger partial charge in [0.05, 0.1) is 21.6 Å². The fourth-order valence-corrected chi connectivity index (χ4v) is 2.50. The summed E-state index contributed by atoms with van der Waals surface area (Å²) < 4.78 is 1.88. The Morgan fingerprint density at radius 1 is 1.32 bits per heavy atom. The third-order valence-corrected chi connectivity index (χ3v) is 3.73. The van der Waals surface area contributed by atoms with E-state index in [9.17, 15) is 10.4 Å². The fourth-order valence-electron chi connectivity index (χ4n) is 2.31. The molecule has 108 valence electrons. The van der Waals surface area contributed by atoms with Crippen molar-refractivity contribution < 1.29 is 5.11 Å². The maximum atomic E-state index is 9.46. The molecule has 0 aliphatic heterocycles. The lowest BCUT2D eigenvalue weighted by atomic mass is 10.1. The molecule has 4 nitrogen and oxygen atoms in total. The second-order valence-electron chi connectivity index (χ2n) is 4.86. The van der Waals surface area contributed by atoms with Gasteiger partial charge < -0.3 is 9.67 Å². The number of benzene rings is 2. The normalized spacial score (nSPS) is 11.6. The van der Waals surface area contributed by atoms with E-state index >= 15 is 0 Å². The van der Waals surface area contributed by atoms with Gasteiger partial charge >= 0.3 is 0 Å². The van der Waals surface area contributed by atoms with Gasteiger partial charge in [-0.05, 0) is 35.9 Å². The zero-order valence-electron chi connectivity index (χ0n) is 11.8. The smallest absolute Gasteiger partial charge is 0.151 e. The van der Waals surface area contributed by atoms with Crippen LogP contribution in [-0.4, -0.2) is 14.7 Å². The van der Waals surface area contributed by atoms with Gasteiger partial charge in [-0.2, -0.15) is 5.26 Å². The first-order chi connectivity index (χ1) is 10.6. The average Bonchev–Trinajstić information content (AvgIpc) is 2.86. The molecule has 0 radical (unpaired) electrons. The minimum atomic E-state index is 0.0139. The van der Waals surface area contributed by atoms with E-state index in [0.717, 1.165) is 16.6 Å². The van der Waals surface area contributed by atoms with Gasteiger partial charge in [0, 0.05) is 7.05 Å². The number of para-hydroxylation sites is 2. The molecule has 22 heavy (non-hydrogen) atoms. The standard InChI is InChI=1S/C17H12ClN3O/c1-21-15-5-3-2-4-14(15)20-17(21)12(10-19)8-11-6-7-16(22)13(18)9-11/h2-9,22H,1H3/b12-8-. The van der Waals surface area contributed by atoms with Crippen LogP contribution in [0.2, 0.25) is 5.02 Å². The van der Waals surface area contributed by atoms with Crippen molar-refractivity contribution in [2.45, 2.75) is 0 Å². The van der Waals surface area contributed by atoms with Crippen molar-refractivity contribution in [3.05, 3.63) is 58.9 Å². The Balaban J connectivity index is 2.13. The van der Waals surface area contributed by atoms with Crippen molar-refractivity contribution in [3.8, 4) is 11.8 Å². The van der Waals surface area contributed by atoms with Crippen LogP contribution in [0.1, 0.15) is 11.4 Å². The molecule has 3 aromatic rings. The van der Waals surface area contributed by atoms with E-state index in [2.05, 4.69) is 11.1 Å². The molecular formula is C17H12ClN3O. The maximum absolute atomic E-state index is 9.46. The lowest BCUT2D eigenvalue weighted by molar-refractivity contribution is 0.475. The maximum Gasteiger partial charge on any atom is 0.151 e. The van der Waals surface area contributed by atoms with E-state index in [1.165, 1.54) is 6.07 Å². The number of imidazole rings is 1. The molecule has 0 spiro atoms. The van der Waals surface area contributed by atoms with Gasteiger partial charge in [0.25, 0.3) is 0 Å². The molecule has 1 N–H and O–H groups in total.